The van der Waals surface area contributed by atoms with E-state index in [2.05, 4.69) is 10.3 Å². The molecule has 0 atom stereocenters. The number of methoxy groups -OCH3 is 2. The van der Waals surface area contributed by atoms with Crippen LogP contribution in [-0.4, -0.2) is 19.2 Å². The van der Waals surface area contributed by atoms with Gasteiger partial charge in [0.15, 0.2) is 0 Å². The normalized spacial score (nSPS) is 10.3. The van der Waals surface area contributed by atoms with Crippen LogP contribution in [0.25, 0.3) is 0 Å². The molecule has 1 aromatic heterocycles. The molecule has 96 valence electrons. The van der Waals surface area contributed by atoms with E-state index in [1.807, 2.05) is 29.9 Å². The molecule has 0 saturated heterocycles. The van der Waals surface area contributed by atoms with E-state index in [0.717, 1.165) is 30.2 Å². The summed E-state index contributed by atoms with van der Waals surface area (Å²) in [5, 5.41) is 3.36. The Hall–Kier alpha value is -1.59. The lowest BCUT2D eigenvalue weighted by Gasteiger charge is -2.10. The van der Waals surface area contributed by atoms with Crippen LogP contribution in [0.1, 0.15) is 10.4 Å². The molecular formula is C13H16N2O2S. The standard InChI is InChI=1S/C13H16N2O2S/c1-16-11-3-4-13(17-2)10(5-11)6-14-7-12-8-15-9-18-12/h3-5,8-9,14H,6-7H2,1-2H3. The molecule has 0 spiro atoms. The van der Waals surface area contributed by atoms with Gasteiger partial charge in [-0.3, -0.25) is 4.98 Å². The Bertz CT molecular complexity index is 486. The zero-order valence-electron chi connectivity index (χ0n) is 10.5. The molecule has 4 nitrogen and oxygen atoms in total. The molecule has 2 rings (SSSR count). The summed E-state index contributed by atoms with van der Waals surface area (Å²) in [6, 6.07) is 5.80. The number of nitrogens with one attached hydrogen (secondary N) is 1. The second-order valence-electron chi connectivity index (χ2n) is 3.75. The van der Waals surface area contributed by atoms with E-state index in [1.54, 1.807) is 25.6 Å². The van der Waals surface area contributed by atoms with Gasteiger partial charge >= 0.3 is 0 Å². The van der Waals surface area contributed by atoms with Crippen molar-refractivity contribution >= 4 is 11.3 Å². The monoisotopic (exact) mass is 264 g/mol. The van der Waals surface area contributed by atoms with Gasteiger partial charge in [-0.05, 0) is 18.2 Å². The molecule has 0 amide bonds. The molecule has 1 N–H and O–H groups in total. The topological polar surface area (TPSA) is 43.4 Å². The van der Waals surface area contributed by atoms with Crippen molar-refractivity contribution in [3.8, 4) is 11.5 Å². The Morgan fingerprint density at radius 3 is 2.78 bits per heavy atom. The first kappa shape index (κ1) is 12.9. The molecule has 0 aliphatic carbocycles. The van der Waals surface area contributed by atoms with Crippen LogP contribution in [0.4, 0.5) is 0 Å². The fraction of sp³-hybridized carbons (Fsp3) is 0.308. The van der Waals surface area contributed by atoms with Gasteiger partial charge in [-0.15, -0.1) is 11.3 Å². The quantitative estimate of drug-likeness (QED) is 0.870. The number of ether oxygens (including phenoxy) is 2. The highest BCUT2D eigenvalue weighted by Gasteiger charge is 2.04. The number of hydrogen-bond acceptors (Lipinski definition) is 5. The summed E-state index contributed by atoms with van der Waals surface area (Å²) < 4.78 is 10.5. The number of hydrogen-bond donors (Lipinski definition) is 1. The molecule has 18 heavy (non-hydrogen) atoms. The Morgan fingerprint density at radius 2 is 2.11 bits per heavy atom. The minimum atomic E-state index is 0.734. The molecule has 0 aliphatic heterocycles. The lowest BCUT2D eigenvalue weighted by atomic mass is 10.2. The second kappa shape index (κ2) is 6.37. The van der Waals surface area contributed by atoms with Crippen molar-refractivity contribution in [2.24, 2.45) is 0 Å². The van der Waals surface area contributed by atoms with Gasteiger partial charge in [0.1, 0.15) is 11.5 Å². The predicted octanol–water partition coefficient (Wildman–Crippen LogP) is 2.45. The predicted molar refractivity (Wildman–Crippen MR) is 72.2 cm³/mol. The van der Waals surface area contributed by atoms with E-state index < -0.39 is 0 Å². The molecular weight excluding hydrogens is 248 g/mol. The van der Waals surface area contributed by atoms with Gasteiger partial charge < -0.3 is 14.8 Å². The van der Waals surface area contributed by atoms with E-state index in [9.17, 15) is 0 Å². The number of thiazole rings is 1. The zero-order valence-corrected chi connectivity index (χ0v) is 11.3. The van der Waals surface area contributed by atoms with Gasteiger partial charge in [-0.2, -0.15) is 0 Å². The van der Waals surface area contributed by atoms with E-state index >= 15 is 0 Å². The Balaban J connectivity index is 1.98. The molecule has 0 aliphatic rings. The average Bonchev–Trinajstić information content (AvgIpc) is 2.92. The first-order chi connectivity index (χ1) is 8.83. The minimum absolute atomic E-state index is 0.734. The van der Waals surface area contributed by atoms with Crippen LogP contribution in [-0.2, 0) is 13.1 Å². The summed E-state index contributed by atoms with van der Waals surface area (Å²) in [4.78, 5) is 5.26. The molecule has 1 heterocycles. The van der Waals surface area contributed by atoms with Gasteiger partial charge in [-0.1, -0.05) is 0 Å². The third-order valence-corrected chi connectivity index (χ3v) is 3.37. The van der Waals surface area contributed by atoms with Gasteiger partial charge in [0, 0.05) is 29.7 Å². The van der Waals surface area contributed by atoms with Crippen molar-refractivity contribution in [1.82, 2.24) is 10.3 Å². The number of nitrogens with zero attached hydrogens (tertiary/aromatic N) is 1. The van der Waals surface area contributed by atoms with Gasteiger partial charge in [0.2, 0.25) is 0 Å². The van der Waals surface area contributed by atoms with Gasteiger partial charge in [0.25, 0.3) is 0 Å². The maximum atomic E-state index is 5.33. The molecule has 0 saturated carbocycles. The largest absolute Gasteiger partial charge is 0.497 e. The van der Waals surface area contributed by atoms with Crippen LogP contribution in [0.5, 0.6) is 11.5 Å². The van der Waals surface area contributed by atoms with Crippen molar-refractivity contribution in [2.45, 2.75) is 13.1 Å². The first-order valence-electron chi connectivity index (χ1n) is 5.62. The maximum Gasteiger partial charge on any atom is 0.123 e. The fourth-order valence-electron chi connectivity index (χ4n) is 1.67. The summed E-state index contributed by atoms with van der Waals surface area (Å²) in [5.41, 5.74) is 2.92. The summed E-state index contributed by atoms with van der Waals surface area (Å²) in [6.07, 6.45) is 1.88. The van der Waals surface area contributed by atoms with E-state index in [0.29, 0.717) is 0 Å². The van der Waals surface area contributed by atoms with Crippen molar-refractivity contribution in [3.05, 3.63) is 40.3 Å². The molecule has 0 unspecified atom stereocenters. The lowest BCUT2D eigenvalue weighted by Crippen LogP contribution is -2.12. The van der Waals surface area contributed by atoms with Crippen molar-refractivity contribution in [2.75, 3.05) is 14.2 Å². The van der Waals surface area contributed by atoms with Crippen LogP contribution in [0, 0.1) is 0 Å². The number of aromatic nitrogens is 1. The van der Waals surface area contributed by atoms with Crippen molar-refractivity contribution in [1.29, 1.82) is 0 Å². The third kappa shape index (κ3) is 3.21. The van der Waals surface area contributed by atoms with Crippen molar-refractivity contribution < 1.29 is 9.47 Å². The number of benzene rings is 1. The van der Waals surface area contributed by atoms with E-state index in [-0.39, 0.29) is 0 Å². The van der Waals surface area contributed by atoms with E-state index in [1.165, 1.54) is 4.88 Å². The van der Waals surface area contributed by atoms with Crippen LogP contribution in [0.2, 0.25) is 0 Å². The third-order valence-electron chi connectivity index (χ3n) is 2.59. The highest BCUT2D eigenvalue weighted by Crippen LogP contribution is 2.23. The SMILES string of the molecule is COc1ccc(OC)c(CNCc2cncs2)c1. The van der Waals surface area contributed by atoms with Gasteiger partial charge in [0.05, 0.1) is 19.7 Å². The summed E-state index contributed by atoms with van der Waals surface area (Å²) in [5.74, 6) is 1.71. The highest BCUT2D eigenvalue weighted by atomic mass is 32.1. The van der Waals surface area contributed by atoms with Gasteiger partial charge in [-0.25, -0.2) is 0 Å². The average molecular weight is 264 g/mol. The molecule has 0 fully saturated rings. The Morgan fingerprint density at radius 1 is 1.22 bits per heavy atom. The molecule has 1 aromatic carbocycles. The van der Waals surface area contributed by atoms with Crippen LogP contribution in [0.3, 0.4) is 0 Å². The zero-order chi connectivity index (χ0) is 12.8. The molecule has 0 bridgehead atoms. The van der Waals surface area contributed by atoms with E-state index in [4.69, 9.17) is 9.47 Å². The lowest BCUT2D eigenvalue weighted by molar-refractivity contribution is 0.397. The van der Waals surface area contributed by atoms with Crippen LogP contribution >= 0.6 is 11.3 Å². The summed E-state index contributed by atoms with van der Waals surface area (Å²) in [7, 11) is 3.34. The highest BCUT2D eigenvalue weighted by molar-refractivity contribution is 7.09. The second-order valence-corrected chi connectivity index (χ2v) is 4.72. The molecule has 0 radical (unpaired) electrons. The van der Waals surface area contributed by atoms with Crippen LogP contribution in [0.15, 0.2) is 29.9 Å². The minimum Gasteiger partial charge on any atom is -0.497 e. The van der Waals surface area contributed by atoms with Crippen LogP contribution < -0.4 is 14.8 Å². The van der Waals surface area contributed by atoms with Crippen molar-refractivity contribution in [3.63, 3.8) is 0 Å². The fourth-order valence-corrected chi connectivity index (χ4v) is 2.23. The Kier molecular flexibility index (Phi) is 4.55. The molecule has 2 aromatic rings. The first-order valence-corrected chi connectivity index (χ1v) is 6.50. The molecule has 5 heteroatoms. The summed E-state index contributed by atoms with van der Waals surface area (Å²) >= 11 is 1.65. The maximum absolute atomic E-state index is 5.33. The number of rotatable bonds is 6. The smallest absolute Gasteiger partial charge is 0.123 e. The Labute approximate surface area is 111 Å². The summed E-state index contributed by atoms with van der Waals surface area (Å²) in [6.45, 7) is 1.54.